The fraction of sp³-hybridized carbons (Fsp3) is 0.375. The normalized spacial score (nSPS) is 12.8. The number of amides is 2. The van der Waals surface area contributed by atoms with Crippen LogP contribution < -0.4 is 9.62 Å². The van der Waals surface area contributed by atoms with Gasteiger partial charge in [0.05, 0.1) is 11.9 Å². The molecule has 8 heteroatoms. The average molecular weight is 564 g/mol. The number of anilines is 1. The first kappa shape index (κ1) is 30.9. The van der Waals surface area contributed by atoms with E-state index in [0.29, 0.717) is 12.1 Å². The molecule has 0 unspecified atom stereocenters. The predicted octanol–water partition coefficient (Wildman–Crippen LogP) is 4.93. The van der Waals surface area contributed by atoms with Crippen LogP contribution in [-0.4, -0.2) is 50.0 Å². The summed E-state index contributed by atoms with van der Waals surface area (Å²) in [7, 11) is -3.81. The quantitative estimate of drug-likeness (QED) is 0.339. The van der Waals surface area contributed by atoms with Gasteiger partial charge in [0.15, 0.2) is 0 Å². The summed E-state index contributed by atoms with van der Waals surface area (Å²) in [6.07, 6.45) is 2.13. The molecular weight excluding hydrogens is 522 g/mol. The lowest BCUT2D eigenvalue weighted by atomic mass is 10.0. The van der Waals surface area contributed by atoms with E-state index in [4.69, 9.17) is 0 Å². The Hall–Kier alpha value is -3.65. The monoisotopic (exact) mass is 563 g/mol. The first-order valence-corrected chi connectivity index (χ1v) is 15.5. The Kier molecular flexibility index (Phi) is 10.5. The summed E-state index contributed by atoms with van der Waals surface area (Å²) in [6.45, 7) is 9.38. The molecule has 2 atom stereocenters. The molecule has 0 aliphatic rings. The third-order valence-electron chi connectivity index (χ3n) is 7.17. The first-order chi connectivity index (χ1) is 18.9. The lowest BCUT2D eigenvalue weighted by molar-refractivity contribution is -0.140. The third-order valence-corrected chi connectivity index (χ3v) is 8.30. The largest absolute Gasteiger partial charge is 0.352 e. The second-order valence-electron chi connectivity index (χ2n) is 10.5. The molecule has 3 aromatic rings. The van der Waals surface area contributed by atoms with Crippen LogP contribution in [0.5, 0.6) is 0 Å². The van der Waals surface area contributed by atoms with Gasteiger partial charge in [-0.25, -0.2) is 8.42 Å². The van der Waals surface area contributed by atoms with Gasteiger partial charge in [0.25, 0.3) is 0 Å². The summed E-state index contributed by atoms with van der Waals surface area (Å²) in [5.74, 6) is -0.716. The van der Waals surface area contributed by atoms with E-state index in [1.165, 1.54) is 4.90 Å². The molecule has 7 nitrogen and oxygen atoms in total. The van der Waals surface area contributed by atoms with Gasteiger partial charge in [-0.05, 0) is 62.4 Å². The minimum Gasteiger partial charge on any atom is -0.352 e. The summed E-state index contributed by atoms with van der Waals surface area (Å²) >= 11 is 0. The van der Waals surface area contributed by atoms with Gasteiger partial charge >= 0.3 is 0 Å². The van der Waals surface area contributed by atoms with Crippen LogP contribution >= 0.6 is 0 Å². The van der Waals surface area contributed by atoms with E-state index in [2.05, 4.69) is 5.32 Å². The zero-order chi connectivity index (χ0) is 29.4. The lowest BCUT2D eigenvalue weighted by Crippen LogP contribution is -2.54. The van der Waals surface area contributed by atoms with Gasteiger partial charge in [-0.3, -0.25) is 13.9 Å². The Morgan fingerprint density at radius 2 is 1.55 bits per heavy atom. The van der Waals surface area contributed by atoms with Crippen molar-refractivity contribution in [1.29, 1.82) is 0 Å². The van der Waals surface area contributed by atoms with Crippen molar-refractivity contribution in [2.45, 2.75) is 66.1 Å². The minimum absolute atomic E-state index is 0.0797. The molecule has 0 aromatic heterocycles. The van der Waals surface area contributed by atoms with Crippen molar-refractivity contribution < 1.29 is 18.0 Å². The number of nitrogens with zero attached hydrogens (tertiary/aromatic N) is 2. The first-order valence-electron chi connectivity index (χ1n) is 13.6. The van der Waals surface area contributed by atoms with Crippen LogP contribution in [0.25, 0.3) is 0 Å². The maximum Gasteiger partial charge on any atom is 0.244 e. The maximum atomic E-state index is 14.2. The van der Waals surface area contributed by atoms with Gasteiger partial charge in [0.2, 0.25) is 21.8 Å². The molecule has 0 fully saturated rings. The summed E-state index contributed by atoms with van der Waals surface area (Å²) < 4.78 is 27.1. The van der Waals surface area contributed by atoms with Crippen molar-refractivity contribution in [3.63, 3.8) is 0 Å². The molecule has 0 saturated carbocycles. The van der Waals surface area contributed by atoms with E-state index in [9.17, 15) is 18.0 Å². The van der Waals surface area contributed by atoms with Crippen molar-refractivity contribution in [2.24, 2.45) is 0 Å². The number of rotatable bonds is 12. The lowest BCUT2D eigenvalue weighted by Gasteiger charge is -2.34. The van der Waals surface area contributed by atoms with Crippen LogP contribution in [-0.2, 0) is 32.6 Å². The van der Waals surface area contributed by atoms with Crippen LogP contribution in [0.2, 0.25) is 0 Å². The van der Waals surface area contributed by atoms with Crippen molar-refractivity contribution >= 4 is 27.5 Å². The van der Waals surface area contributed by atoms with E-state index >= 15 is 0 Å². The highest BCUT2D eigenvalue weighted by Crippen LogP contribution is 2.25. The number of sulfonamides is 1. The van der Waals surface area contributed by atoms with Gasteiger partial charge in [0, 0.05) is 19.0 Å². The molecule has 0 heterocycles. The van der Waals surface area contributed by atoms with Gasteiger partial charge in [-0.2, -0.15) is 0 Å². The van der Waals surface area contributed by atoms with E-state index in [0.717, 1.165) is 44.8 Å². The number of aryl methyl sites for hydroxylation is 3. The Morgan fingerprint density at radius 1 is 0.900 bits per heavy atom. The smallest absolute Gasteiger partial charge is 0.244 e. The second kappa shape index (κ2) is 13.6. The zero-order valence-corrected chi connectivity index (χ0v) is 25.2. The Labute approximate surface area is 239 Å². The van der Waals surface area contributed by atoms with Crippen LogP contribution in [0.15, 0.2) is 72.8 Å². The molecule has 214 valence electrons. The van der Waals surface area contributed by atoms with Crippen LogP contribution in [0.1, 0.15) is 48.1 Å². The molecule has 0 bridgehead atoms. The summed E-state index contributed by atoms with van der Waals surface area (Å²) in [4.78, 5) is 29.5. The van der Waals surface area contributed by atoms with E-state index < -0.39 is 28.5 Å². The van der Waals surface area contributed by atoms with Gasteiger partial charge in [0.1, 0.15) is 12.6 Å². The minimum atomic E-state index is -3.81. The Bertz CT molecular complexity index is 1420. The topological polar surface area (TPSA) is 86.8 Å². The summed E-state index contributed by atoms with van der Waals surface area (Å²) in [5, 5.41) is 3.05. The van der Waals surface area contributed by atoms with Crippen LogP contribution in [0.4, 0.5) is 5.69 Å². The van der Waals surface area contributed by atoms with Crippen molar-refractivity contribution in [2.75, 3.05) is 17.1 Å². The zero-order valence-electron chi connectivity index (χ0n) is 24.3. The van der Waals surface area contributed by atoms with Crippen LogP contribution in [0, 0.1) is 20.8 Å². The van der Waals surface area contributed by atoms with E-state index in [1.54, 1.807) is 6.07 Å². The van der Waals surface area contributed by atoms with Gasteiger partial charge in [-0.15, -0.1) is 0 Å². The Balaban J connectivity index is 2.09. The SMILES string of the molecule is CC[C@H](C)NC(=O)[C@H](Cc1ccccc1)N(Cc1ccccc1C)C(=O)CN(c1ccc(C)cc1C)S(C)(=O)=O. The van der Waals surface area contributed by atoms with Gasteiger partial charge in [-0.1, -0.05) is 79.2 Å². The fourth-order valence-corrected chi connectivity index (χ4v) is 5.55. The van der Waals surface area contributed by atoms with Crippen molar-refractivity contribution in [3.8, 4) is 0 Å². The Morgan fingerprint density at radius 3 is 2.15 bits per heavy atom. The molecule has 0 saturated heterocycles. The fourth-order valence-electron chi connectivity index (χ4n) is 4.65. The number of carbonyl (C=O) groups excluding carboxylic acids is 2. The number of nitrogens with one attached hydrogen (secondary N) is 1. The van der Waals surface area contributed by atoms with Gasteiger partial charge < -0.3 is 10.2 Å². The van der Waals surface area contributed by atoms with Crippen LogP contribution in [0.3, 0.4) is 0 Å². The number of hydrogen-bond donors (Lipinski definition) is 1. The molecule has 0 radical (unpaired) electrons. The van der Waals surface area contributed by atoms with E-state index in [1.807, 2.05) is 101 Å². The molecule has 40 heavy (non-hydrogen) atoms. The van der Waals surface area contributed by atoms with E-state index in [-0.39, 0.29) is 18.5 Å². The highest BCUT2D eigenvalue weighted by Gasteiger charge is 2.33. The second-order valence-corrected chi connectivity index (χ2v) is 12.4. The molecule has 2 amide bonds. The van der Waals surface area contributed by atoms with Crippen molar-refractivity contribution in [1.82, 2.24) is 10.2 Å². The predicted molar refractivity (Wildman–Crippen MR) is 162 cm³/mol. The maximum absolute atomic E-state index is 14.2. The highest BCUT2D eigenvalue weighted by atomic mass is 32.2. The molecule has 3 aromatic carbocycles. The number of carbonyl (C=O) groups is 2. The summed E-state index contributed by atoms with van der Waals surface area (Å²) in [5.41, 5.74) is 4.97. The molecule has 1 N–H and O–H groups in total. The number of hydrogen-bond acceptors (Lipinski definition) is 4. The standard InChI is InChI=1S/C32H41N3O4S/c1-7-26(5)33-32(37)30(20-27-14-9-8-10-15-27)34(21-28-16-12-11-13-24(28)3)31(36)22-35(40(6,38)39)29-18-17-23(2)19-25(29)4/h8-19,26,30H,7,20-22H2,1-6H3,(H,33,37)/t26-,30-/m0/s1. The molecule has 0 aliphatic heterocycles. The molecule has 3 rings (SSSR count). The van der Waals surface area contributed by atoms with Crippen molar-refractivity contribution in [3.05, 3.63) is 101 Å². The molecule has 0 aliphatic carbocycles. The molecular formula is C32H41N3O4S. The molecule has 0 spiro atoms. The third kappa shape index (κ3) is 8.18. The number of benzene rings is 3. The average Bonchev–Trinajstić information content (AvgIpc) is 2.90. The highest BCUT2D eigenvalue weighted by molar-refractivity contribution is 7.92. The summed E-state index contributed by atoms with van der Waals surface area (Å²) in [6, 6.07) is 21.8.